The van der Waals surface area contributed by atoms with Crippen LogP contribution in [-0.2, 0) is 14.8 Å². The average molecular weight is 317 g/mol. The van der Waals surface area contributed by atoms with E-state index in [4.69, 9.17) is 4.74 Å². The molecule has 0 saturated carbocycles. The largest absolute Gasteiger partial charge is 0.396 e. The van der Waals surface area contributed by atoms with Gasteiger partial charge in [0.05, 0.1) is 11.5 Å². The first-order chi connectivity index (χ1) is 9.88. The quantitative estimate of drug-likeness (QED) is 0.856. The highest BCUT2D eigenvalue weighted by Crippen LogP contribution is 2.29. The van der Waals surface area contributed by atoms with Crippen LogP contribution in [0.15, 0.2) is 23.1 Å². The zero-order chi connectivity index (χ0) is 15.5. The molecule has 5 nitrogen and oxygen atoms in total. The molecule has 21 heavy (non-hydrogen) atoms. The molecule has 7 heteroatoms. The third kappa shape index (κ3) is 3.79. The van der Waals surface area contributed by atoms with E-state index in [0.717, 1.165) is 6.07 Å². The number of aryl methyl sites for hydroxylation is 1. The van der Waals surface area contributed by atoms with Gasteiger partial charge in [0.2, 0.25) is 10.0 Å². The Labute approximate surface area is 124 Å². The Balaban J connectivity index is 2.11. The summed E-state index contributed by atoms with van der Waals surface area (Å²) in [5.74, 6) is -0.440. The highest BCUT2D eigenvalue weighted by molar-refractivity contribution is 7.89. The Kier molecular flexibility index (Phi) is 4.98. The lowest BCUT2D eigenvalue weighted by Gasteiger charge is -2.35. The van der Waals surface area contributed by atoms with Gasteiger partial charge in [-0.15, -0.1) is 0 Å². The Morgan fingerprint density at radius 2 is 2.05 bits per heavy atom. The fourth-order valence-corrected chi connectivity index (χ4v) is 3.55. The van der Waals surface area contributed by atoms with Crippen molar-refractivity contribution in [1.82, 2.24) is 4.72 Å². The summed E-state index contributed by atoms with van der Waals surface area (Å²) < 4.78 is 45.5. The highest BCUT2D eigenvalue weighted by atomic mass is 32.2. The highest BCUT2D eigenvalue weighted by Gasteiger charge is 2.33. The molecule has 2 N–H and O–H groups in total. The Bertz CT molecular complexity index is 597. The van der Waals surface area contributed by atoms with Crippen LogP contribution in [0.25, 0.3) is 0 Å². The minimum Gasteiger partial charge on any atom is -0.396 e. The van der Waals surface area contributed by atoms with E-state index in [1.165, 1.54) is 19.1 Å². The van der Waals surface area contributed by atoms with Crippen molar-refractivity contribution in [1.29, 1.82) is 0 Å². The summed E-state index contributed by atoms with van der Waals surface area (Å²) in [4.78, 5) is 0.0292. The number of aliphatic hydroxyl groups excluding tert-OH is 1. The van der Waals surface area contributed by atoms with Gasteiger partial charge >= 0.3 is 0 Å². The third-order valence-electron chi connectivity index (χ3n) is 3.97. The summed E-state index contributed by atoms with van der Waals surface area (Å²) in [6, 6.07) is 3.67. The lowest BCUT2D eigenvalue weighted by atomic mass is 9.81. The topological polar surface area (TPSA) is 75.6 Å². The predicted octanol–water partition coefficient (Wildman–Crippen LogP) is 1.20. The van der Waals surface area contributed by atoms with Crippen LogP contribution in [0.2, 0.25) is 0 Å². The minimum absolute atomic E-state index is 0.0292. The van der Waals surface area contributed by atoms with E-state index in [-0.39, 0.29) is 23.6 Å². The lowest BCUT2D eigenvalue weighted by molar-refractivity contribution is -0.0126. The second kappa shape index (κ2) is 6.39. The zero-order valence-corrected chi connectivity index (χ0v) is 12.7. The summed E-state index contributed by atoms with van der Waals surface area (Å²) >= 11 is 0. The maximum atomic E-state index is 13.2. The summed E-state index contributed by atoms with van der Waals surface area (Å²) in [5.41, 5.74) is -0.207. The van der Waals surface area contributed by atoms with E-state index in [1.807, 2.05) is 0 Å². The second-order valence-electron chi connectivity index (χ2n) is 5.51. The van der Waals surface area contributed by atoms with Crippen LogP contribution >= 0.6 is 0 Å². The Morgan fingerprint density at radius 1 is 1.38 bits per heavy atom. The van der Waals surface area contributed by atoms with Crippen LogP contribution in [-0.4, -0.2) is 39.9 Å². The molecule has 1 heterocycles. The van der Waals surface area contributed by atoms with Crippen LogP contribution in [0.4, 0.5) is 4.39 Å². The van der Waals surface area contributed by atoms with Crippen molar-refractivity contribution in [3.63, 3.8) is 0 Å². The zero-order valence-electron chi connectivity index (χ0n) is 11.9. The van der Waals surface area contributed by atoms with Crippen molar-refractivity contribution in [2.24, 2.45) is 5.41 Å². The fourth-order valence-electron chi connectivity index (χ4n) is 2.31. The van der Waals surface area contributed by atoms with E-state index in [9.17, 15) is 17.9 Å². The van der Waals surface area contributed by atoms with Gasteiger partial charge in [-0.05, 0) is 43.5 Å². The first kappa shape index (κ1) is 16.4. The van der Waals surface area contributed by atoms with E-state index < -0.39 is 21.3 Å². The molecule has 1 aromatic rings. The second-order valence-corrected chi connectivity index (χ2v) is 7.27. The van der Waals surface area contributed by atoms with Crippen molar-refractivity contribution in [3.8, 4) is 0 Å². The first-order valence-corrected chi connectivity index (χ1v) is 8.31. The smallest absolute Gasteiger partial charge is 0.240 e. The summed E-state index contributed by atoms with van der Waals surface area (Å²) in [6.45, 7) is 2.59. The Morgan fingerprint density at radius 3 is 2.62 bits per heavy atom. The number of aliphatic hydroxyl groups is 1. The number of sulfonamides is 1. The molecule has 1 fully saturated rings. The summed E-state index contributed by atoms with van der Waals surface area (Å²) in [6.07, 6.45) is 1.21. The molecule has 118 valence electrons. The number of hydrogen-bond acceptors (Lipinski definition) is 4. The molecule has 0 aromatic heterocycles. The molecule has 0 atom stereocenters. The van der Waals surface area contributed by atoms with Gasteiger partial charge in [-0.2, -0.15) is 0 Å². The van der Waals surface area contributed by atoms with Gasteiger partial charge in [0.15, 0.2) is 0 Å². The molecule has 0 unspecified atom stereocenters. The first-order valence-electron chi connectivity index (χ1n) is 6.83. The van der Waals surface area contributed by atoms with E-state index >= 15 is 0 Å². The number of nitrogens with one attached hydrogen (secondary N) is 1. The maximum absolute atomic E-state index is 13.2. The van der Waals surface area contributed by atoms with Gasteiger partial charge < -0.3 is 9.84 Å². The molecule has 0 spiro atoms. The molecule has 2 rings (SSSR count). The summed E-state index contributed by atoms with van der Waals surface area (Å²) in [5, 5.41) is 9.55. The fraction of sp³-hybridized carbons (Fsp3) is 0.571. The maximum Gasteiger partial charge on any atom is 0.240 e. The molecular formula is C14H20FNO4S. The number of benzene rings is 1. The van der Waals surface area contributed by atoms with Gasteiger partial charge in [0, 0.05) is 25.2 Å². The standard InChI is InChI=1S/C14H20FNO4S/c1-11-8-12(2-3-13(11)15)21(18,19)16-9-14(10-17)4-6-20-7-5-14/h2-3,8,16-17H,4-7,9-10H2,1H3. The molecule has 0 bridgehead atoms. The number of hydrogen-bond donors (Lipinski definition) is 2. The molecule has 1 aromatic carbocycles. The van der Waals surface area contributed by atoms with Gasteiger partial charge in [0.1, 0.15) is 5.82 Å². The molecule has 1 aliphatic rings. The van der Waals surface area contributed by atoms with Crippen molar-refractivity contribution >= 4 is 10.0 Å². The monoisotopic (exact) mass is 317 g/mol. The van der Waals surface area contributed by atoms with Crippen LogP contribution < -0.4 is 4.72 Å². The van der Waals surface area contributed by atoms with E-state index in [2.05, 4.69) is 4.72 Å². The lowest BCUT2D eigenvalue weighted by Crippen LogP contribution is -2.43. The molecule has 0 amide bonds. The van der Waals surface area contributed by atoms with Crippen LogP contribution in [0.5, 0.6) is 0 Å². The molecule has 0 radical (unpaired) electrons. The molecule has 1 aliphatic heterocycles. The normalized spacial score (nSPS) is 18.6. The average Bonchev–Trinajstić information content (AvgIpc) is 2.49. The SMILES string of the molecule is Cc1cc(S(=O)(=O)NCC2(CO)CCOCC2)ccc1F. The van der Waals surface area contributed by atoms with Crippen LogP contribution in [0.1, 0.15) is 18.4 Å². The number of rotatable bonds is 5. The third-order valence-corrected chi connectivity index (χ3v) is 5.36. The summed E-state index contributed by atoms with van der Waals surface area (Å²) in [7, 11) is -3.72. The van der Waals surface area contributed by atoms with Crippen molar-refractivity contribution in [2.75, 3.05) is 26.4 Å². The molecule has 0 aliphatic carbocycles. The van der Waals surface area contributed by atoms with Crippen LogP contribution in [0, 0.1) is 18.2 Å². The Hall–Kier alpha value is -1.02. The van der Waals surface area contributed by atoms with E-state index in [0.29, 0.717) is 26.1 Å². The van der Waals surface area contributed by atoms with Crippen molar-refractivity contribution in [3.05, 3.63) is 29.6 Å². The van der Waals surface area contributed by atoms with Crippen molar-refractivity contribution < 1.29 is 22.7 Å². The van der Waals surface area contributed by atoms with Gasteiger partial charge in [0.25, 0.3) is 0 Å². The van der Waals surface area contributed by atoms with Gasteiger partial charge in [-0.25, -0.2) is 17.5 Å². The predicted molar refractivity (Wildman–Crippen MR) is 75.9 cm³/mol. The van der Waals surface area contributed by atoms with Crippen molar-refractivity contribution in [2.45, 2.75) is 24.7 Å². The molecule has 1 saturated heterocycles. The minimum atomic E-state index is -3.72. The van der Waals surface area contributed by atoms with Crippen LogP contribution in [0.3, 0.4) is 0 Å². The number of halogens is 1. The van der Waals surface area contributed by atoms with Gasteiger partial charge in [-0.3, -0.25) is 0 Å². The number of ether oxygens (including phenoxy) is 1. The molecular weight excluding hydrogens is 297 g/mol. The van der Waals surface area contributed by atoms with E-state index in [1.54, 1.807) is 0 Å². The van der Waals surface area contributed by atoms with Gasteiger partial charge in [-0.1, -0.05) is 0 Å².